The number of carboxylic acids is 1. The lowest BCUT2D eigenvalue weighted by molar-refractivity contribution is -0.150. The minimum Gasteiger partial charge on any atom is -0.481 e. The molecule has 0 spiro atoms. The van der Waals surface area contributed by atoms with Crippen LogP contribution >= 0.6 is 0 Å². The van der Waals surface area contributed by atoms with E-state index in [0.29, 0.717) is 6.42 Å². The van der Waals surface area contributed by atoms with E-state index < -0.39 is 5.97 Å². The molecular formula is C40H68O4. The highest BCUT2D eigenvalue weighted by molar-refractivity contribution is 5.69. The van der Waals surface area contributed by atoms with E-state index in [-0.39, 0.29) is 18.5 Å². The fourth-order valence-electron chi connectivity index (χ4n) is 5.10. The molecule has 0 amide bonds. The summed E-state index contributed by atoms with van der Waals surface area (Å²) in [6.07, 6.45) is 48.0. The molecule has 0 aliphatic carbocycles. The van der Waals surface area contributed by atoms with Gasteiger partial charge in [-0.25, -0.2) is 0 Å². The Hall–Kier alpha value is -2.36. The van der Waals surface area contributed by atoms with Gasteiger partial charge in [-0.1, -0.05) is 145 Å². The topological polar surface area (TPSA) is 63.6 Å². The molecule has 0 aliphatic rings. The maximum atomic E-state index is 12.6. The molecule has 1 unspecified atom stereocenters. The molecular weight excluding hydrogens is 544 g/mol. The molecule has 252 valence electrons. The van der Waals surface area contributed by atoms with Crippen molar-refractivity contribution < 1.29 is 19.4 Å². The third kappa shape index (κ3) is 34.1. The van der Waals surface area contributed by atoms with Gasteiger partial charge < -0.3 is 9.84 Å². The molecule has 0 fully saturated rings. The zero-order valence-corrected chi connectivity index (χ0v) is 28.7. The van der Waals surface area contributed by atoms with Crippen LogP contribution in [-0.4, -0.2) is 23.1 Å². The lowest BCUT2D eigenvalue weighted by Gasteiger charge is -2.18. The highest BCUT2D eigenvalue weighted by atomic mass is 16.5. The first-order valence-electron chi connectivity index (χ1n) is 18.3. The number of carbonyl (C=O) groups excluding carboxylic acids is 1. The standard InChI is InChI=1S/C40H68O4/c1-3-5-7-9-11-13-15-16-17-18-19-20-21-23-25-27-33-37-40(43)44-38(35-31-28-29-32-36-39(41)42)34-30-26-24-22-14-12-10-8-6-4-2/h5,7,11,13,16-17,19-20,23,25,38H,3-4,6,8-10,12,14-15,18,21-22,24,26-37H2,1-2H3,(H,41,42)/b7-5-,13-11-,17-16-,20-19-,25-23-. The summed E-state index contributed by atoms with van der Waals surface area (Å²) in [6, 6.07) is 0. The zero-order valence-electron chi connectivity index (χ0n) is 28.7. The number of allylic oxidation sites excluding steroid dienone is 10. The smallest absolute Gasteiger partial charge is 0.306 e. The monoisotopic (exact) mass is 613 g/mol. The van der Waals surface area contributed by atoms with Crippen LogP contribution in [0, 0.1) is 0 Å². The van der Waals surface area contributed by atoms with Crippen molar-refractivity contribution in [3.63, 3.8) is 0 Å². The highest BCUT2D eigenvalue weighted by Gasteiger charge is 2.14. The Bertz CT molecular complexity index is 789. The number of hydrogen-bond acceptors (Lipinski definition) is 3. The largest absolute Gasteiger partial charge is 0.481 e. The maximum absolute atomic E-state index is 12.6. The van der Waals surface area contributed by atoms with Crippen LogP contribution in [0.4, 0.5) is 0 Å². The highest BCUT2D eigenvalue weighted by Crippen LogP contribution is 2.18. The Morgan fingerprint density at radius 1 is 0.523 bits per heavy atom. The number of unbranched alkanes of at least 4 members (excludes halogenated alkanes) is 13. The molecule has 0 radical (unpaired) electrons. The summed E-state index contributed by atoms with van der Waals surface area (Å²) < 4.78 is 5.92. The van der Waals surface area contributed by atoms with E-state index in [9.17, 15) is 9.59 Å². The third-order valence-electron chi connectivity index (χ3n) is 7.75. The molecule has 4 heteroatoms. The molecule has 0 aromatic heterocycles. The number of hydrogen-bond donors (Lipinski definition) is 1. The SMILES string of the molecule is CC/C=C\C/C=C\C/C=C\C/C=C\C/C=C\CCCC(=O)OC(CCCCCCCCCCCC)CCCCCCC(=O)O. The minimum absolute atomic E-state index is 0.00437. The van der Waals surface area contributed by atoms with Gasteiger partial charge in [0.05, 0.1) is 0 Å². The lowest BCUT2D eigenvalue weighted by atomic mass is 10.0. The van der Waals surface area contributed by atoms with Gasteiger partial charge in [0, 0.05) is 12.8 Å². The van der Waals surface area contributed by atoms with Gasteiger partial charge in [-0.3, -0.25) is 9.59 Å². The van der Waals surface area contributed by atoms with Gasteiger partial charge in [0.15, 0.2) is 0 Å². The van der Waals surface area contributed by atoms with Crippen molar-refractivity contribution in [3.8, 4) is 0 Å². The van der Waals surface area contributed by atoms with Crippen LogP contribution in [0.15, 0.2) is 60.8 Å². The first-order chi connectivity index (χ1) is 21.6. The van der Waals surface area contributed by atoms with Gasteiger partial charge >= 0.3 is 11.9 Å². The number of rotatable bonds is 32. The fraction of sp³-hybridized carbons (Fsp3) is 0.700. The lowest BCUT2D eigenvalue weighted by Crippen LogP contribution is -2.18. The second-order valence-corrected chi connectivity index (χ2v) is 12.0. The molecule has 44 heavy (non-hydrogen) atoms. The summed E-state index contributed by atoms with van der Waals surface area (Å²) >= 11 is 0. The zero-order chi connectivity index (χ0) is 32.2. The van der Waals surface area contributed by atoms with Gasteiger partial charge in [0.1, 0.15) is 6.10 Å². The second kappa shape index (κ2) is 35.1. The molecule has 0 heterocycles. The predicted molar refractivity (Wildman–Crippen MR) is 190 cm³/mol. The van der Waals surface area contributed by atoms with E-state index in [0.717, 1.165) is 89.9 Å². The van der Waals surface area contributed by atoms with Crippen LogP contribution in [-0.2, 0) is 14.3 Å². The normalized spacial score (nSPS) is 13.0. The molecule has 1 N–H and O–H groups in total. The number of carboxylic acid groups (broad SMARTS) is 1. The Labute approximate surface area is 272 Å². The van der Waals surface area contributed by atoms with E-state index in [1.807, 2.05) is 0 Å². The summed E-state index contributed by atoms with van der Waals surface area (Å²) in [7, 11) is 0. The number of carbonyl (C=O) groups is 2. The van der Waals surface area contributed by atoms with Crippen LogP contribution < -0.4 is 0 Å². The van der Waals surface area contributed by atoms with Crippen LogP contribution in [0.2, 0.25) is 0 Å². The fourth-order valence-corrected chi connectivity index (χ4v) is 5.10. The van der Waals surface area contributed by atoms with Gasteiger partial charge in [-0.05, 0) is 77.0 Å². The maximum Gasteiger partial charge on any atom is 0.306 e. The van der Waals surface area contributed by atoms with Crippen LogP contribution in [0.25, 0.3) is 0 Å². The first kappa shape index (κ1) is 41.6. The van der Waals surface area contributed by atoms with Crippen molar-refractivity contribution in [3.05, 3.63) is 60.8 Å². The Balaban J connectivity index is 4.13. The number of aliphatic carboxylic acids is 1. The van der Waals surface area contributed by atoms with Gasteiger partial charge in [0.25, 0.3) is 0 Å². The molecule has 0 bridgehead atoms. The van der Waals surface area contributed by atoms with E-state index in [4.69, 9.17) is 9.84 Å². The van der Waals surface area contributed by atoms with Crippen LogP contribution in [0.5, 0.6) is 0 Å². The first-order valence-corrected chi connectivity index (χ1v) is 18.3. The number of ether oxygens (including phenoxy) is 1. The number of esters is 1. The van der Waals surface area contributed by atoms with Gasteiger partial charge in [0.2, 0.25) is 0 Å². The molecule has 4 nitrogen and oxygen atoms in total. The van der Waals surface area contributed by atoms with E-state index in [1.54, 1.807) is 0 Å². The van der Waals surface area contributed by atoms with Crippen molar-refractivity contribution in [1.29, 1.82) is 0 Å². The van der Waals surface area contributed by atoms with Crippen LogP contribution in [0.1, 0.15) is 174 Å². The molecule has 0 aromatic carbocycles. The Morgan fingerprint density at radius 3 is 1.43 bits per heavy atom. The minimum atomic E-state index is -0.720. The molecule has 0 rings (SSSR count). The third-order valence-corrected chi connectivity index (χ3v) is 7.75. The molecule has 0 saturated carbocycles. The summed E-state index contributed by atoms with van der Waals surface area (Å²) in [5.74, 6) is -0.789. The van der Waals surface area contributed by atoms with E-state index in [1.165, 1.54) is 57.8 Å². The molecule has 1 atom stereocenters. The van der Waals surface area contributed by atoms with Gasteiger partial charge in [-0.2, -0.15) is 0 Å². The molecule has 0 saturated heterocycles. The quantitative estimate of drug-likeness (QED) is 0.0466. The van der Waals surface area contributed by atoms with Crippen molar-refractivity contribution >= 4 is 11.9 Å². The predicted octanol–water partition coefficient (Wildman–Crippen LogP) is 12.6. The average molecular weight is 613 g/mol. The summed E-state index contributed by atoms with van der Waals surface area (Å²) in [5, 5.41) is 8.83. The van der Waals surface area contributed by atoms with Gasteiger partial charge in [-0.15, -0.1) is 0 Å². The second-order valence-electron chi connectivity index (χ2n) is 12.0. The molecule has 0 aromatic rings. The van der Waals surface area contributed by atoms with Crippen molar-refractivity contribution in [2.24, 2.45) is 0 Å². The van der Waals surface area contributed by atoms with Crippen LogP contribution in [0.3, 0.4) is 0 Å². The van der Waals surface area contributed by atoms with Crippen molar-refractivity contribution in [2.75, 3.05) is 0 Å². The average Bonchev–Trinajstić information content (AvgIpc) is 3.01. The molecule has 0 aliphatic heterocycles. The van der Waals surface area contributed by atoms with Crippen molar-refractivity contribution in [1.82, 2.24) is 0 Å². The Kier molecular flexibility index (Phi) is 33.2. The van der Waals surface area contributed by atoms with E-state index in [2.05, 4.69) is 74.6 Å². The Morgan fingerprint density at radius 2 is 0.955 bits per heavy atom. The van der Waals surface area contributed by atoms with Crippen molar-refractivity contribution in [2.45, 2.75) is 180 Å². The summed E-state index contributed by atoms with van der Waals surface area (Å²) in [4.78, 5) is 23.3. The summed E-state index contributed by atoms with van der Waals surface area (Å²) in [6.45, 7) is 4.42. The summed E-state index contributed by atoms with van der Waals surface area (Å²) in [5.41, 5.74) is 0. The van der Waals surface area contributed by atoms with E-state index >= 15 is 0 Å².